The summed E-state index contributed by atoms with van der Waals surface area (Å²) in [5.41, 5.74) is 7.12. The van der Waals surface area contributed by atoms with Crippen LogP contribution in [0.1, 0.15) is 0 Å². The molecule has 0 bridgehead atoms. The molecular formula is C4H8ClN3O2. The summed E-state index contributed by atoms with van der Waals surface area (Å²) in [6.45, 7) is 0. The number of amides is 1. The van der Waals surface area contributed by atoms with E-state index >= 15 is 0 Å². The Morgan fingerprint density at radius 1 is 1.90 bits per heavy atom. The van der Waals surface area contributed by atoms with Crippen molar-refractivity contribution < 1.29 is 9.53 Å². The Bertz CT molecular complexity index is 147. The number of rotatable bonds is 2. The number of amidine groups is 1. The summed E-state index contributed by atoms with van der Waals surface area (Å²) in [5.74, 6) is 0.205. The number of halogens is 1. The largest absolute Gasteiger partial charge is 0.452 e. The minimum absolute atomic E-state index is 0.0734. The van der Waals surface area contributed by atoms with Crippen LogP contribution in [0.5, 0.6) is 0 Å². The lowest BCUT2D eigenvalue weighted by molar-refractivity contribution is 0.171. The van der Waals surface area contributed by atoms with E-state index in [1.807, 2.05) is 5.43 Å². The van der Waals surface area contributed by atoms with Gasteiger partial charge in [0.1, 0.15) is 5.84 Å². The molecule has 6 heteroatoms. The fraction of sp³-hybridized carbons (Fsp3) is 0.500. The zero-order chi connectivity index (χ0) is 7.98. The van der Waals surface area contributed by atoms with Crippen LogP contribution in [0.15, 0.2) is 5.10 Å². The maximum atomic E-state index is 10.3. The average Bonchev–Trinajstić information content (AvgIpc) is 1.99. The Morgan fingerprint density at radius 2 is 2.50 bits per heavy atom. The van der Waals surface area contributed by atoms with E-state index in [2.05, 4.69) is 9.84 Å². The summed E-state index contributed by atoms with van der Waals surface area (Å²) in [6, 6.07) is 0. The summed E-state index contributed by atoms with van der Waals surface area (Å²) >= 11 is 5.23. The molecule has 0 aromatic rings. The van der Waals surface area contributed by atoms with Crippen molar-refractivity contribution in [3.8, 4) is 0 Å². The van der Waals surface area contributed by atoms with Crippen LogP contribution in [0.3, 0.4) is 0 Å². The van der Waals surface area contributed by atoms with Crippen LogP contribution in [0.2, 0.25) is 0 Å². The zero-order valence-corrected chi connectivity index (χ0v) is 6.18. The molecule has 0 radical (unpaired) electrons. The summed E-state index contributed by atoms with van der Waals surface area (Å²) in [6.07, 6.45) is -0.673. The quantitative estimate of drug-likeness (QED) is 0.151. The second-order valence-electron chi connectivity index (χ2n) is 1.34. The van der Waals surface area contributed by atoms with Crippen molar-refractivity contribution in [3.63, 3.8) is 0 Å². The number of carbonyl (C=O) groups is 1. The molecule has 0 heterocycles. The van der Waals surface area contributed by atoms with Crippen molar-refractivity contribution in [3.05, 3.63) is 0 Å². The third kappa shape index (κ3) is 3.96. The van der Waals surface area contributed by atoms with Gasteiger partial charge in [-0.3, -0.25) is 0 Å². The number of hydrazone groups is 1. The van der Waals surface area contributed by atoms with Crippen LogP contribution in [0.25, 0.3) is 0 Å². The lowest BCUT2D eigenvalue weighted by Gasteiger charge is -1.96. The molecule has 0 unspecified atom stereocenters. The van der Waals surface area contributed by atoms with Crippen molar-refractivity contribution >= 4 is 23.5 Å². The van der Waals surface area contributed by atoms with E-state index in [4.69, 9.17) is 17.3 Å². The van der Waals surface area contributed by atoms with E-state index in [0.717, 1.165) is 0 Å². The molecule has 10 heavy (non-hydrogen) atoms. The van der Waals surface area contributed by atoms with Crippen molar-refractivity contribution in [2.75, 3.05) is 13.0 Å². The van der Waals surface area contributed by atoms with E-state index in [0.29, 0.717) is 0 Å². The zero-order valence-electron chi connectivity index (χ0n) is 5.43. The standard InChI is InChI=1S/C4H8ClN3O2/c1-10-4(9)8-7-3(6)2-5/h2H2,1H3,(H2,6,7)(H,8,9)/i2+1,3+1,6+1,7+1,8+1. The lowest BCUT2D eigenvalue weighted by Crippen LogP contribution is -2.23. The number of nitrogens with two attached hydrogens (primary N) is 1. The van der Waals surface area contributed by atoms with Crippen LogP contribution < -0.4 is 11.2 Å². The minimum Gasteiger partial charge on any atom is -0.452 e. The third-order valence-corrected chi connectivity index (χ3v) is 0.887. The predicted molar refractivity (Wildman–Crippen MR) is 37.9 cm³/mol. The van der Waals surface area contributed by atoms with E-state index in [9.17, 15) is 4.79 Å². The SMILES string of the molecule is COC(=O)[15NH]/[15N]=[13C](\[15NH2])[13CH2]Cl. The van der Waals surface area contributed by atoms with E-state index in [-0.39, 0.29) is 11.7 Å². The van der Waals surface area contributed by atoms with Crippen molar-refractivity contribution in [1.29, 1.82) is 0 Å². The van der Waals surface area contributed by atoms with Crippen molar-refractivity contribution in [1.82, 2.24) is 5.43 Å². The number of hydrogen-bond donors (Lipinski definition) is 2. The molecule has 1 amide bonds. The van der Waals surface area contributed by atoms with Gasteiger partial charge >= 0.3 is 6.09 Å². The monoisotopic (exact) mass is 170 g/mol. The molecule has 0 saturated heterocycles. The maximum Gasteiger partial charge on any atom is 0.427 e. The van der Waals surface area contributed by atoms with Gasteiger partial charge in [-0.2, -0.15) is 5.10 Å². The first kappa shape index (κ1) is 9.03. The highest BCUT2D eigenvalue weighted by Crippen LogP contribution is 1.75. The second-order valence-corrected chi connectivity index (χ2v) is 1.61. The maximum absolute atomic E-state index is 10.3. The van der Waals surface area contributed by atoms with Gasteiger partial charge in [0.25, 0.3) is 0 Å². The van der Waals surface area contributed by atoms with Gasteiger partial charge in [-0.1, -0.05) is 0 Å². The van der Waals surface area contributed by atoms with Crippen molar-refractivity contribution in [2.45, 2.75) is 0 Å². The Balaban J connectivity index is 3.61. The minimum atomic E-state index is -0.673. The fourth-order valence-corrected chi connectivity index (χ4v) is 0.253. The Kier molecular flexibility index (Phi) is 4.39. The summed E-state index contributed by atoms with van der Waals surface area (Å²) < 4.78 is 4.19. The smallest absolute Gasteiger partial charge is 0.427 e. The van der Waals surface area contributed by atoms with E-state index < -0.39 is 6.09 Å². The van der Waals surface area contributed by atoms with Crippen molar-refractivity contribution in [2.24, 2.45) is 10.8 Å². The highest BCUT2D eigenvalue weighted by molar-refractivity contribution is 6.27. The van der Waals surface area contributed by atoms with Crippen LogP contribution in [-0.4, -0.2) is 24.9 Å². The molecule has 0 atom stereocenters. The number of alkyl halides is 1. The average molecular weight is 171 g/mol. The van der Waals surface area contributed by atoms with Gasteiger partial charge in [0.15, 0.2) is 0 Å². The molecule has 0 rings (SSSR count). The first-order valence-electron chi connectivity index (χ1n) is 2.42. The Morgan fingerprint density at radius 3 is 2.90 bits per heavy atom. The predicted octanol–water partition coefficient (Wildman–Crippen LogP) is -0.147. The van der Waals surface area contributed by atoms with Gasteiger partial charge in [0.05, 0.1) is 13.0 Å². The second kappa shape index (κ2) is 4.87. The summed E-state index contributed by atoms with van der Waals surface area (Å²) in [4.78, 5) is 10.3. The van der Waals surface area contributed by atoms with Gasteiger partial charge in [0.2, 0.25) is 0 Å². The first-order chi connectivity index (χ1) is 4.70. The van der Waals surface area contributed by atoms with Crippen LogP contribution in [0.4, 0.5) is 4.79 Å². The molecule has 58 valence electrons. The highest BCUT2D eigenvalue weighted by atomic mass is 35.5. The van der Waals surface area contributed by atoms with Gasteiger partial charge in [0, 0.05) is 0 Å². The number of nitrogens with one attached hydrogen (secondary N) is 1. The fourth-order valence-electron chi connectivity index (χ4n) is 0.193. The van der Waals surface area contributed by atoms with Gasteiger partial charge < -0.3 is 10.5 Å². The van der Waals surface area contributed by atoms with Gasteiger partial charge in [-0.25, -0.2) is 10.2 Å². The first-order valence-corrected chi connectivity index (χ1v) is 2.96. The number of ether oxygens (including phenoxy) is 1. The van der Waals surface area contributed by atoms with E-state index in [1.54, 1.807) is 0 Å². The molecule has 0 aromatic heterocycles. The topological polar surface area (TPSA) is 76.7 Å². The number of hydrogen-bond acceptors (Lipinski definition) is 3. The summed E-state index contributed by atoms with van der Waals surface area (Å²) in [5, 5.41) is 3.35. The van der Waals surface area contributed by atoms with Crippen LogP contribution in [-0.2, 0) is 4.74 Å². The molecule has 0 fully saturated rings. The number of carbonyl (C=O) groups excluding carboxylic acids is 1. The Labute approximate surface area is 63.2 Å². The molecule has 3 N–H and O–H groups in total. The molecule has 0 aromatic carbocycles. The number of methoxy groups -OCH3 is 1. The Hall–Kier alpha value is -0.970. The molecule has 0 spiro atoms. The highest BCUT2D eigenvalue weighted by Gasteiger charge is 1.94. The normalized spacial score (nSPS) is 10.8. The molecule has 0 aliphatic carbocycles. The van der Waals surface area contributed by atoms with Crippen LogP contribution >= 0.6 is 11.6 Å². The third-order valence-electron chi connectivity index (χ3n) is 0.613. The van der Waals surface area contributed by atoms with Crippen LogP contribution in [0, 0.1) is 0 Å². The molecular weight excluding hydrogens is 162 g/mol. The lowest BCUT2D eigenvalue weighted by atomic mass is 11.3. The number of nitrogens with zero attached hydrogens (tertiary/aromatic N) is 1. The summed E-state index contributed by atoms with van der Waals surface area (Å²) in [7, 11) is 1.22. The molecule has 5 nitrogen and oxygen atoms in total. The molecule has 0 aliphatic rings. The molecule has 0 saturated carbocycles. The molecule has 0 aliphatic heterocycles. The van der Waals surface area contributed by atoms with E-state index in [1.165, 1.54) is 7.11 Å². The van der Waals surface area contributed by atoms with Gasteiger partial charge in [-0.15, -0.1) is 11.6 Å². The van der Waals surface area contributed by atoms with Gasteiger partial charge in [-0.05, 0) is 0 Å².